The lowest BCUT2D eigenvalue weighted by atomic mass is 10.5. The molecule has 0 rings (SSSR count). The molecule has 0 saturated heterocycles. The monoisotopic (exact) mass is 165 g/mol. The highest BCUT2D eigenvalue weighted by molar-refractivity contribution is 6.80. The first-order valence-corrected chi connectivity index (χ1v) is 6.11. The van der Waals surface area contributed by atoms with Crippen LogP contribution in [0.4, 0.5) is 0 Å². The first-order chi connectivity index (χ1) is 4.35. The van der Waals surface area contributed by atoms with E-state index in [-0.39, 0.29) is 0 Å². The maximum atomic E-state index is 4.78. The molecule has 0 heterocycles. The number of hydrogen-bond donors (Lipinski definition) is 0. The first-order valence-electron chi connectivity index (χ1n) is 3.09. The summed E-state index contributed by atoms with van der Waals surface area (Å²) in [5, 5.41) is 0. The van der Waals surface area contributed by atoms with Crippen molar-refractivity contribution < 1.29 is 0 Å². The summed E-state index contributed by atoms with van der Waals surface area (Å²) in [6.45, 7) is 10.0. The van der Waals surface area contributed by atoms with Crippen LogP contribution in [0.15, 0.2) is 12.8 Å². The zero-order valence-corrected chi connectivity index (χ0v) is 9.28. The van der Waals surface area contributed by atoms with Crippen molar-refractivity contribution in [2.45, 2.75) is 13.8 Å². The SMILES string of the molecule is C=CN(CC)CC.[SiH3]Cl. The van der Waals surface area contributed by atoms with Crippen molar-refractivity contribution in [3.8, 4) is 0 Å². The quantitative estimate of drug-likeness (QED) is 0.445. The van der Waals surface area contributed by atoms with Gasteiger partial charge in [0.05, 0.1) is 0 Å². The van der Waals surface area contributed by atoms with Gasteiger partial charge in [-0.2, -0.15) is 11.1 Å². The molecule has 0 radical (unpaired) electrons. The van der Waals surface area contributed by atoms with Gasteiger partial charge in [0.2, 0.25) is 0 Å². The molecular formula is C6H16ClNSi. The number of nitrogens with zero attached hydrogens (tertiary/aromatic N) is 1. The van der Waals surface area contributed by atoms with Crippen LogP contribution in [-0.2, 0) is 0 Å². The highest BCUT2D eigenvalue weighted by Crippen LogP contribution is 1.82. The minimum Gasteiger partial charge on any atom is -0.378 e. The third-order valence-corrected chi connectivity index (χ3v) is 1.07. The summed E-state index contributed by atoms with van der Waals surface area (Å²) in [4.78, 5) is 2.14. The molecule has 0 aromatic carbocycles. The molecule has 0 unspecified atom stereocenters. The van der Waals surface area contributed by atoms with Crippen LogP contribution < -0.4 is 0 Å². The van der Waals surface area contributed by atoms with Gasteiger partial charge in [-0.15, -0.1) is 0 Å². The standard InChI is InChI=1S/C6H13N.ClH3Si/c1-4-7(5-2)6-3;1-2/h4H,1,5-6H2,2-3H3;2H3. The Morgan fingerprint density at radius 1 is 1.44 bits per heavy atom. The molecule has 1 nitrogen and oxygen atoms in total. The Labute approximate surface area is 65.8 Å². The number of hydrogen-bond acceptors (Lipinski definition) is 1. The highest BCUT2D eigenvalue weighted by atomic mass is 35.6. The van der Waals surface area contributed by atoms with Gasteiger partial charge in [0.15, 0.2) is 0 Å². The molecule has 3 heteroatoms. The second-order valence-corrected chi connectivity index (χ2v) is 1.40. The molecule has 0 fully saturated rings. The Morgan fingerprint density at radius 3 is 1.78 bits per heavy atom. The lowest BCUT2D eigenvalue weighted by Crippen LogP contribution is -2.14. The van der Waals surface area contributed by atoms with E-state index in [4.69, 9.17) is 11.1 Å². The van der Waals surface area contributed by atoms with Crippen molar-refractivity contribution in [3.63, 3.8) is 0 Å². The van der Waals surface area contributed by atoms with E-state index >= 15 is 0 Å². The van der Waals surface area contributed by atoms with Crippen LogP contribution >= 0.6 is 11.1 Å². The van der Waals surface area contributed by atoms with Crippen LogP contribution in [-0.4, -0.2) is 27.5 Å². The van der Waals surface area contributed by atoms with Crippen molar-refractivity contribution in [2.24, 2.45) is 0 Å². The molecule has 0 bridgehead atoms. The second-order valence-electron chi connectivity index (χ2n) is 1.40. The molecule has 0 aliphatic heterocycles. The van der Waals surface area contributed by atoms with E-state index in [9.17, 15) is 0 Å². The predicted octanol–water partition coefficient (Wildman–Crippen LogP) is 0.977. The van der Waals surface area contributed by atoms with Crippen molar-refractivity contribution in [3.05, 3.63) is 12.8 Å². The van der Waals surface area contributed by atoms with Crippen LogP contribution in [0.1, 0.15) is 13.8 Å². The molecule has 56 valence electrons. The Kier molecular flexibility index (Phi) is 14.3. The molecule has 0 aromatic rings. The maximum absolute atomic E-state index is 4.78. The van der Waals surface area contributed by atoms with Crippen molar-refractivity contribution in [1.82, 2.24) is 4.90 Å². The van der Waals surface area contributed by atoms with Gasteiger partial charge in [-0.25, -0.2) is 0 Å². The molecular weight excluding hydrogens is 150 g/mol. The third-order valence-electron chi connectivity index (χ3n) is 1.07. The number of halogens is 1. The van der Waals surface area contributed by atoms with E-state index in [1.807, 2.05) is 6.20 Å². The largest absolute Gasteiger partial charge is 0.378 e. The van der Waals surface area contributed by atoms with Gasteiger partial charge in [0, 0.05) is 13.1 Å². The van der Waals surface area contributed by atoms with E-state index < -0.39 is 0 Å². The Bertz CT molecular complexity index is 55.0. The molecule has 0 aliphatic carbocycles. The normalized spacial score (nSPS) is 7.44. The summed E-state index contributed by atoms with van der Waals surface area (Å²) in [7, 11) is 0.778. The molecule has 0 amide bonds. The molecule has 0 saturated carbocycles. The van der Waals surface area contributed by atoms with E-state index in [0.717, 1.165) is 22.6 Å². The summed E-state index contributed by atoms with van der Waals surface area (Å²) in [5.74, 6) is 0. The second kappa shape index (κ2) is 10.9. The molecule has 0 N–H and O–H groups in total. The van der Waals surface area contributed by atoms with Crippen LogP contribution in [0.5, 0.6) is 0 Å². The van der Waals surface area contributed by atoms with E-state index in [2.05, 4.69) is 25.3 Å². The average Bonchev–Trinajstić information content (AvgIpc) is 1.96. The average molecular weight is 166 g/mol. The van der Waals surface area contributed by atoms with Crippen LogP contribution in [0.3, 0.4) is 0 Å². The van der Waals surface area contributed by atoms with E-state index in [1.54, 1.807) is 0 Å². The zero-order chi connectivity index (χ0) is 7.70. The Morgan fingerprint density at radius 2 is 1.78 bits per heavy atom. The van der Waals surface area contributed by atoms with Crippen LogP contribution in [0.2, 0.25) is 0 Å². The summed E-state index contributed by atoms with van der Waals surface area (Å²) in [6.07, 6.45) is 1.86. The predicted molar refractivity (Wildman–Crippen MR) is 48.9 cm³/mol. The van der Waals surface area contributed by atoms with Gasteiger partial charge in [0.25, 0.3) is 0 Å². The first kappa shape index (κ1) is 11.8. The van der Waals surface area contributed by atoms with Gasteiger partial charge in [0.1, 0.15) is 9.55 Å². The lowest BCUT2D eigenvalue weighted by molar-refractivity contribution is 0.420. The molecule has 0 aromatic heterocycles. The smallest absolute Gasteiger partial charge is 0.109 e. The van der Waals surface area contributed by atoms with Gasteiger partial charge >= 0.3 is 0 Å². The molecule has 9 heavy (non-hydrogen) atoms. The number of rotatable bonds is 3. The van der Waals surface area contributed by atoms with E-state index in [1.165, 1.54) is 0 Å². The van der Waals surface area contributed by atoms with Crippen LogP contribution in [0, 0.1) is 0 Å². The van der Waals surface area contributed by atoms with Crippen molar-refractivity contribution in [1.29, 1.82) is 0 Å². The van der Waals surface area contributed by atoms with Crippen molar-refractivity contribution >= 4 is 20.6 Å². The minimum absolute atomic E-state index is 0.778. The van der Waals surface area contributed by atoms with Crippen molar-refractivity contribution in [2.75, 3.05) is 13.1 Å². The highest BCUT2D eigenvalue weighted by Gasteiger charge is 1.83. The molecule has 0 spiro atoms. The topological polar surface area (TPSA) is 3.24 Å². The lowest BCUT2D eigenvalue weighted by Gasteiger charge is -2.12. The summed E-state index contributed by atoms with van der Waals surface area (Å²) in [6, 6.07) is 0. The minimum atomic E-state index is 0.778. The fourth-order valence-electron chi connectivity index (χ4n) is 0.482. The van der Waals surface area contributed by atoms with Gasteiger partial charge in [-0.1, -0.05) is 6.58 Å². The zero-order valence-electron chi connectivity index (χ0n) is 6.52. The maximum Gasteiger partial charge on any atom is 0.109 e. The summed E-state index contributed by atoms with van der Waals surface area (Å²) < 4.78 is 0. The third kappa shape index (κ3) is 8.05. The Balaban J connectivity index is 0. The fraction of sp³-hybridized carbons (Fsp3) is 0.667. The molecule has 0 atom stereocenters. The summed E-state index contributed by atoms with van der Waals surface area (Å²) in [5.41, 5.74) is 0. The molecule has 0 aliphatic rings. The van der Waals surface area contributed by atoms with E-state index in [0.29, 0.717) is 0 Å². The van der Waals surface area contributed by atoms with Crippen LogP contribution in [0.25, 0.3) is 0 Å². The Hall–Kier alpha value is 0.0469. The summed E-state index contributed by atoms with van der Waals surface area (Å²) >= 11 is 4.78. The van der Waals surface area contributed by atoms with Gasteiger partial charge in [-0.05, 0) is 20.0 Å². The van der Waals surface area contributed by atoms with Gasteiger partial charge < -0.3 is 4.90 Å². The van der Waals surface area contributed by atoms with Gasteiger partial charge in [-0.3, -0.25) is 0 Å². The fourth-order valence-corrected chi connectivity index (χ4v) is 0.482.